The predicted molar refractivity (Wildman–Crippen MR) is 89.4 cm³/mol. The summed E-state index contributed by atoms with van der Waals surface area (Å²) in [5.41, 5.74) is 3.21. The SMILES string of the molecule is CC(C)c1cccc(C(C)C)c1NC(=O)CCCCC(=O)O. The van der Waals surface area contributed by atoms with E-state index in [9.17, 15) is 9.59 Å². The van der Waals surface area contributed by atoms with Crippen molar-refractivity contribution in [3.8, 4) is 0 Å². The first kappa shape index (κ1) is 18.2. The summed E-state index contributed by atoms with van der Waals surface area (Å²) in [6.45, 7) is 8.45. The zero-order valence-electron chi connectivity index (χ0n) is 14.0. The number of para-hydroxylation sites is 1. The van der Waals surface area contributed by atoms with Crippen molar-refractivity contribution in [3.05, 3.63) is 29.3 Å². The van der Waals surface area contributed by atoms with Gasteiger partial charge in [0.25, 0.3) is 0 Å². The highest BCUT2D eigenvalue weighted by molar-refractivity contribution is 5.92. The summed E-state index contributed by atoms with van der Waals surface area (Å²) in [5.74, 6) is -0.185. The lowest BCUT2D eigenvalue weighted by atomic mass is 9.92. The largest absolute Gasteiger partial charge is 0.481 e. The molecular formula is C18H27NO3. The van der Waals surface area contributed by atoms with E-state index in [4.69, 9.17) is 5.11 Å². The summed E-state index contributed by atoms with van der Waals surface area (Å²) in [5, 5.41) is 11.7. The van der Waals surface area contributed by atoms with E-state index in [1.165, 1.54) is 0 Å². The van der Waals surface area contributed by atoms with Crippen molar-refractivity contribution in [3.63, 3.8) is 0 Å². The van der Waals surface area contributed by atoms with Crippen molar-refractivity contribution in [2.45, 2.75) is 65.2 Å². The molecule has 0 aliphatic rings. The average Bonchev–Trinajstić information content (AvgIpc) is 2.43. The highest BCUT2D eigenvalue weighted by Crippen LogP contribution is 2.32. The Balaban J connectivity index is 2.78. The van der Waals surface area contributed by atoms with Gasteiger partial charge in [0.15, 0.2) is 0 Å². The van der Waals surface area contributed by atoms with Crippen LogP contribution in [0.25, 0.3) is 0 Å². The lowest BCUT2D eigenvalue weighted by molar-refractivity contribution is -0.137. The number of hydrogen-bond acceptors (Lipinski definition) is 2. The van der Waals surface area contributed by atoms with E-state index in [1.807, 2.05) is 6.07 Å². The Morgan fingerprint density at radius 2 is 1.50 bits per heavy atom. The van der Waals surface area contributed by atoms with Gasteiger partial charge in [0.05, 0.1) is 0 Å². The van der Waals surface area contributed by atoms with Gasteiger partial charge in [-0.05, 0) is 35.8 Å². The molecule has 0 aliphatic carbocycles. The van der Waals surface area contributed by atoms with Gasteiger partial charge >= 0.3 is 5.97 Å². The first-order chi connectivity index (χ1) is 10.3. The fourth-order valence-corrected chi connectivity index (χ4v) is 2.46. The van der Waals surface area contributed by atoms with Crippen LogP contribution in [0.5, 0.6) is 0 Å². The van der Waals surface area contributed by atoms with Crippen molar-refractivity contribution in [2.75, 3.05) is 5.32 Å². The van der Waals surface area contributed by atoms with E-state index in [1.54, 1.807) is 0 Å². The molecule has 0 aliphatic heterocycles. The minimum absolute atomic E-state index is 0.0413. The van der Waals surface area contributed by atoms with E-state index in [2.05, 4.69) is 45.1 Å². The van der Waals surface area contributed by atoms with Crippen LogP contribution in [0.4, 0.5) is 5.69 Å². The van der Waals surface area contributed by atoms with Crippen LogP contribution in [0.2, 0.25) is 0 Å². The molecule has 0 radical (unpaired) electrons. The maximum Gasteiger partial charge on any atom is 0.303 e. The summed E-state index contributed by atoms with van der Waals surface area (Å²) in [6.07, 6.45) is 1.61. The second-order valence-electron chi connectivity index (χ2n) is 6.27. The Morgan fingerprint density at radius 1 is 1.00 bits per heavy atom. The highest BCUT2D eigenvalue weighted by atomic mass is 16.4. The number of carboxylic acid groups (broad SMARTS) is 1. The molecule has 1 amide bonds. The maximum atomic E-state index is 12.1. The van der Waals surface area contributed by atoms with Crippen molar-refractivity contribution in [1.82, 2.24) is 0 Å². The molecule has 0 saturated carbocycles. The van der Waals surface area contributed by atoms with Gasteiger partial charge in [-0.1, -0.05) is 45.9 Å². The third-order valence-corrected chi connectivity index (χ3v) is 3.68. The number of unbranched alkanes of at least 4 members (excludes halogenated alkanes) is 1. The van der Waals surface area contributed by atoms with Gasteiger partial charge in [-0.2, -0.15) is 0 Å². The van der Waals surface area contributed by atoms with Crippen LogP contribution < -0.4 is 5.32 Å². The molecule has 0 aromatic heterocycles. The molecule has 4 nitrogen and oxygen atoms in total. The van der Waals surface area contributed by atoms with E-state index in [0.717, 1.165) is 16.8 Å². The number of amides is 1. The minimum Gasteiger partial charge on any atom is -0.481 e. The quantitative estimate of drug-likeness (QED) is 0.694. The molecular weight excluding hydrogens is 278 g/mol. The number of carbonyl (C=O) groups is 2. The van der Waals surface area contributed by atoms with Crippen LogP contribution in [0.1, 0.15) is 76.3 Å². The van der Waals surface area contributed by atoms with Crippen molar-refractivity contribution in [1.29, 1.82) is 0 Å². The van der Waals surface area contributed by atoms with E-state index in [-0.39, 0.29) is 12.3 Å². The smallest absolute Gasteiger partial charge is 0.303 e. The topological polar surface area (TPSA) is 66.4 Å². The second kappa shape index (κ2) is 8.57. The second-order valence-corrected chi connectivity index (χ2v) is 6.27. The summed E-state index contributed by atoms with van der Waals surface area (Å²) in [4.78, 5) is 22.6. The number of hydrogen-bond donors (Lipinski definition) is 2. The lowest BCUT2D eigenvalue weighted by Gasteiger charge is -2.20. The third-order valence-electron chi connectivity index (χ3n) is 3.68. The molecule has 1 aromatic carbocycles. The van der Waals surface area contributed by atoms with Crippen LogP contribution in [0.15, 0.2) is 18.2 Å². The van der Waals surface area contributed by atoms with Gasteiger partial charge in [0.2, 0.25) is 5.91 Å². The molecule has 1 rings (SSSR count). The third kappa shape index (κ3) is 5.51. The molecule has 0 spiro atoms. The Kier molecular flexibility index (Phi) is 7.09. The Morgan fingerprint density at radius 3 is 1.95 bits per heavy atom. The zero-order valence-corrected chi connectivity index (χ0v) is 14.0. The fourth-order valence-electron chi connectivity index (χ4n) is 2.46. The van der Waals surface area contributed by atoms with E-state index in [0.29, 0.717) is 31.1 Å². The van der Waals surface area contributed by atoms with Gasteiger partial charge in [-0.15, -0.1) is 0 Å². The van der Waals surface area contributed by atoms with Crippen LogP contribution in [0, 0.1) is 0 Å². The average molecular weight is 305 g/mol. The molecule has 0 fully saturated rings. The summed E-state index contributed by atoms with van der Waals surface area (Å²) < 4.78 is 0. The summed E-state index contributed by atoms with van der Waals surface area (Å²) in [7, 11) is 0. The van der Waals surface area contributed by atoms with Gasteiger partial charge in [0, 0.05) is 18.5 Å². The standard InChI is InChI=1S/C18H27NO3/c1-12(2)14-8-7-9-15(13(3)4)18(14)19-16(20)10-5-6-11-17(21)22/h7-9,12-13H,5-6,10-11H2,1-4H3,(H,19,20)(H,21,22). The Bertz CT molecular complexity index is 495. The zero-order chi connectivity index (χ0) is 16.7. The molecule has 0 saturated heterocycles. The highest BCUT2D eigenvalue weighted by Gasteiger charge is 2.15. The lowest BCUT2D eigenvalue weighted by Crippen LogP contribution is -2.15. The Labute approximate surface area is 132 Å². The normalized spacial score (nSPS) is 11.0. The molecule has 1 aromatic rings. The molecule has 0 bridgehead atoms. The first-order valence-corrected chi connectivity index (χ1v) is 7.97. The number of carboxylic acids is 1. The van der Waals surface area contributed by atoms with Crippen molar-refractivity contribution >= 4 is 17.6 Å². The first-order valence-electron chi connectivity index (χ1n) is 7.97. The molecule has 0 unspecified atom stereocenters. The molecule has 2 N–H and O–H groups in total. The molecule has 0 atom stereocenters. The monoisotopic (exact) mass is 305 g/mol. The predicted octanol–water partition coefficient (Wildman–Crippen LogP) is 4.52. The molecule has 122 valence electrons. The fraction of sp³-hybridized carbons (Fsp3) is 0.556. The van der Waals surface area contributed by atoms with Crippen LogP contribution in [-0.4, -0.2) is 17.0 Å². The molecule has 22 heavy (non-hydrogen) atoms. The van der Waals surface area contributed by atoms with E-state index < -0.39 is 5.97 Å². The van der Waals surface area contributed by atoms with Crippen LogP contribution in [0.3, 0.4) is 0 Å². The van der Waals surface area contributed by atoms with Crippen molar-refractivity contribution < 1.29 is 14.7 Å². The number of anilines is 1. The Hall–Kier alpha value is -1.84. The number of aliphatic carboxylic acids is 1. The van der Waals surface area contributed by atoms with Gasteiger partial charge < -0.3 is 10.4 Å². The molecule has 4 heteroatoms. The minimum atomic E-state index is -0.812. The number of carbonyl (C=O) groups excluding carboxylic acids is 1. The van der Waals surface area contributed by atoms with Crippen molar-refractivity contribution in [2.24, 2.45) is 0 Å². The summed E-state index contributed by atoms with van der Waals surface area (Å²) in [6, 6.07) is 6.14. The number of benzene rings is 1. The summed E-state index contributed by atoms with van der Waals surface area (Å²) >= 11 is 0. The van der Waals surface area contributed by atoms with Gasteiger partial charge in [-0.25, -0.2) is 0 Å². The van der Waals surface area contributed by atoms with E-state index >= 15 is 0 Å². The molecule has 0 heterocycles. The van der Waals surface area contributed by atoms with Crippen LogP contribution in [-0.2, 0) is 9.59 Å². The van der Waals surface area contributed by atoms with Gasteiger partial charge in [0.1, 0.15) is 0 Å². The number of rotatable bonds is 8. The maximum absolute atomic E-state index is 12.1. The number of nitrogens with one attached hydrogen (secondary N) is 1. The van der Waals surface area contributed by atoms with Crippen LogP contribution >= 0.6 is 0 Å². The van der Waals surface area contributed by atoms with Gasteiger partial charge in [-0.3, -0.25) is 9.59 Å².